The van der Waals surface area contributed by atoms with E-state index in [9.17, 15) is 9.46 Å². The van der Waals surface area contributed by atoms with E-state index in [1.54, 1.807) is 12.1 Å². The molecule has 0 spiro atoms. The minimum Gasteiger partial charge on any atom is -0.391 e. The molecule has 0 aliphatic carbocycles. The van der Waals surface area contributed by atoms with Crippen LogP contribution >= 0.6 is 7.82 Å². The Morgan fingerprint density at radius 3 is 2.47 bits per heavy atom. The zero-order valence-electron chi connectivity index (χ0n) is 8.74. The smallest absolute Gasteiger partial charge is 0.391 e. The maximum atomic E-state index is 11.4. The molecule has 0 bridgehead atoms. The van der Waals surface area contributed by atoms with Gasteiger partial charge < -0.3 is 9.05 Å². The van der Waals surface area contributed by atoms with Gasteiger partial charge in [-0.25, -0.2) is 4.57 Å². The Bertz CT molecular complexity index is 609. The van der Waals surface area contributed by atoms with Crippen molar-refractivity contribution in [1.29, 1.82) is 0 Å². The number of rotatable bonds is 1. The zero-order valence-corrected chi connectivity index (χ0v) is 9.63. The summed E-state index contributed by atoms with van der Waals surface area (Å²) in [4.78, 5) is 9.30. The lowest BCUT2D eigenvalue weighted by molar-refractivity contribution is 0.324. The fraction of sp³-hybridized carbons (Fsp3) is 0. The van der Waals surface area contributed by atoms with Gasteiger partial charge in [-0.2, -0.15) is 0 Å². The second-order valence-corrected chi connectivity index (χ2v) is 4.95. The van der Waals surface area contributed by atoms with Crippen molar-refractivity contribution in [1.82, 2.24) is 0 Å². The molecule has 86 valence electrons. The molecule has 2 aromatic rings. The first kappa shape index (κ1) is 10.4. The predicted molar refractivity (Wildman–Crippen MR) is 63.0 cm³/mol. The van der Waals surface area contributed by atoms with E-state index in [-0.39, 0.29) is 0 Å². The summed E-state index contributed by atoms with van der Waals surface area (Å²) in [7, 11) is -3.97. The average Bonchev–Trinajstić information content (AvgIpc) is 2.63. The van der Waals surface area contributed by atoms with Crippen molar-refractivity contribution < 1.29 is 18.5 Å². The molecule has 3 rings (SSSR count). The Kier molecular flexibility index (Phi) is 2.21. The van der Waals surface area contributed by atoms with Gasteiger partial charge >= 0.3 is 7.82 Å². The molecule has 0 aromatic heterocycles. The van der Waals surface area contributed by atoms with Crippen LogP contribution in [0.5, 0.6) is 11.5 Å². The maximum Gasteiger partial charge on any atom is 0.585 e. The molecule has 1 heterocycles. The van der Waals surface area contributed by atoms with Crippen molar-refractivity contribution >= 4 is 7.82 Å². The molecule has 0 amide bonds. The topological polar surface area (TPSA) is 55.8 Å². The van der Waals surface area contributed by atoms with Gasteiger partial charge in [0.1, 0.15) is 0 Å². The summed E-state index contributed by atoms with van der Waals surface area (Å²) < 4.78 is 21.2. The van der Waals surface area contributed by atoms with Gasteiger partial charge in [0.2, 0.25) is 0 Å². The molecule has 1 N–H and O–H groups in total. The highest BCUT2D eigenvalue weighted by molar-refractivity contribution is 7.48. The van der Waals surface area contributed by atoms with Gasteiger partial charge in [0.05, 0.1) is 0 Å². The van der Waals surface area contributed by atoms with E-state index in [1.165, 1.54) is 0 Å². The number of phosphoric ester groups is 1. The van der Waals surface area contributed by atoms with Crippen molar-refractivity contribution in [2.75, 3.05) is 0 Å². The number of benzene rings is 2. The summed E-state index contributed by atoms with van der Waals surface area (Å²) in [5.74, 6) is 0.627. The van der Waals surface area contributed by atoms with E-state index in [0.29, 0.717) is 11.5 Å². The third kappa shape index (κ3) is 1.82. The quantitative estimate of drug-likeness (QED) is 0.787. The van der Waals surface area contributed by atoms with Crippen molar-refractivity contribution in [2.45, 2.75) is 0 Å². The number of hydrogen-bond acceptors (Lipinski definition) is 3. The molecule has 1 atom stereocenters. The molecule has 17 heavy (non-hydrogen) atoms. The van der Waals surface area contributed by atoms with E-state index in [2.05, 4.69) is 0 Å². The minimum atomic E-state index is -3.97. The first-order valence-corrected chi connectivity index (χ1v) is 6.56. The van der Waals surface area contributed by atoms with Gasteiger partial charge in [0, 0.05) is 5.56 Å². The van der Waals surface area contributed by atoms with Crippen LogP contribution in [0.4, 0.5) is 0 Å². The van der Waals surface area contributed by atoms with E-state index in [1.807, 2.05) is 36.4 Å². The summed E-state index contributed by atoms with van der Waals surface area (Å²) in [5.41, 5.74) is 1.66. The summed E-state index contributed by atoms with van der Waals surface area (Å²) in [6.07, 6.45) is 0. The fourth-order valence-corrected chi connectivity index (χ4v) is 2.63. The Morgan fingerprint density at radius 1 is 0.941 bits per heavy atom. The third-order valence-corrected chi connectivity index (χ3v) is 3.32. The van der Waals surface area contributed by atoms with Crippen LogP contribution in [0.2, 0.25) is 0 Å². The lowest BCUT2D eigenvalue weighted by Crippen LogP contribution is -1.88. The summed E-state index contributed by atoms with van der Waals surface area (Å²) in [5, 5.41) is 0. The van der Waals surface area contributed by atoms with Gasteiger partial charge in [-0.1, -0.05) is 42.5 Å². The Balaban J connectivity index is 2.16. The van der Waals surface area contributed by atoms with Crippen LogP contribution in [0.25, 0.3) is 11.1 Å². The van der Waals surface area contributed by atoms with Crippen LogP contribution in [-0.2, 0) is 4.57 Å². The lowest BCUT2D eigenvalue weighted by atomic mass is 10.0. The van der Waals surface area contributed by atoms with Crippen molar-refractivity contribution in [3.05, 3.63) is 48.5 Å². The number of para-hydroxylation sites is 1. The molecule has 0 saturated carbocycles. The summed E-state index contributed by atoms with van der Waals surface area (Å²) in [6.45, 7) is 0. The predicted octanol–water partition coefficient (Wildman–Crippen LogP) is 3.23. The largest absolute Gasteiger partial charge is 0.585 e. The van der Waals surface area contributed by atoms with E-state index < -0.39 is 7.82 Å². The van der Waals surface area contributed by atoms with Crippen LogP contribution < -0.4 is 9.05 Å². The number of phosphoric acid groups is 1. The highest BCUT2D eigenvalue weighted by Gasteiger charge is 2.36. The molecule has 0 fully saturated rings. The second kappa shape index (κ2) is 3.62. The van der Waals surface area contributed by atoms with E-state index >= 15 is 0 Å². The van der Waals surface area contributed by atoms with Crippen molar-refractivity contribution in [3.8, 4) is 22.6 Å². The SMILES string of the molecule is O=P1(O)Oc2cccc(-c3ccccc3)c2O1. The van der Waals surface area contributed by atoms with Gasteiger partial charge in [0.15, 0.2) is 11.5 Å². The molecular formula is C12H9O4P. The first-order chi connectivity index (χ1) is 8.16. The normalized spacial score (nSPS) is 21.5. The summed E-state index contributed by atoms with van der Waals surface area (Å²) in [6, 6.07) is 14.7. The minimum absolute atomic E-state index is 0.303. The van der Waals surface area contributed by atoms with Gasteiger partial charge in [-0.15, -0.1) is 0 Å². The molecule has 4 nitrogen and oxygen atoms in total. The molecule has 0 radical (unpaired) electrons. The average molecular weight is 248 g/mol. The lowest BCUT2D eigenvalue weighted by Gasteiger charge is -2.04. The molecule has 1 aliphatic heterocycles. The monoisotopic (exact) mass is 248 g/mol. The van der Waals surface area contributed by atoms with Gasteiger partial charge in [0.25, 0.3) is 0 Å². The van der Waals surface area contributed by atoms with E-state index in [0.717, 1.165) is 11.1 Å². The highest BCUT2D eigenvalue weighted by Crippen LogP contribution is 2.58. The van der Waals surface area contributed by atoms with Crippen LogP contribution in [0.1, 0.15) is 0 Å². The molecule has 1 unspecified atom stereocenters. The zero-order chi connectivity index (χ0) is 11.9. The summed E-state index contributed by atoms with van der Waals surface area (Å²) >= 11 is 0. The van der Waals surface area contributed by atoms with Crippen LogP contribution in [0.3, 0.4) is 0 Å². The van der Waals surface area contributed by atoms with Crippen LogP contribution in [0.15, 0.2) is 48.5 Å². The second-order valence-electron chi connectivity index (χ2n) is 3.65. The Hall–Kier alpha value is -1.77. The first-order valence-electron chi connectivity index (χ1n) is 5.06. The third-order valence-electron chi connectivity index (χ3n) is 2.48. The highest BCUT2D eigenvalue weighted by atomic mass is 31.2. The van der Waals surface area contributed by atoms with Crippen LogP contribution in [0, 0.1) is 0 Å². The number of fused-ring (bicyclic) bond motifs is 1. The van der Waals surface area contributed by atoms with Crippen molar-refractivity contribution in [3.63, 3.8) is 0 Å². The molecule has 1 aliphatic rings. The van der Waals surface area contributed by atoms with Gasteiger partial charge in [-0.05, 0) is 11.6 Å². The maximum absolute atomic E-state index is 11.4. The Labute approximate surface area is 98.1 Å². The molecule has 0 saturated heterocycles. The molecule has 5 heteroatoms. The molecular weight excluding hydrogens is 239 g/mol. The van der Waals surface area contributed by atoms with E-state index in [4.69, 9.17) is 9.05 Å². The molecule has 2 aromatic carbocycles. The standard InChI is InChI=1S/C12H9O4P/c13-17(14)15-11-8-4-7-10(12(11)16-17)9-5-2-1-3-6-9/h1-8H,(H,13,14). The Morgan fingerprint density at radius 2 is 1.71 bits per heavy atom. The van der Waals surface area contributed by atoms with Gasteiger partial charge in [-0.3, -0.25) is 4.89 Å². The number of hydrogen-bond donors (Lipinski definition) is 1. The fourth-order valence-electron chi connectivity index (χ4n) is 1.79. The van der Waals surface area contributed by atoms with Crippen molar-refractivity contribution in [2.24, 2.45) is 0 Å². The van der Waals surface area contributed by atoms with Crippen LogP contribution in [-0.4, -0.2) is 4.89 Å².